The minimum atomic E-state index is -0.236. The van der Waals surface area contributed by atoms with Gasteiger partial charge in [0.25, 0.3) is 11.8 Å². The summed E-state index contributed by atoms with van der Waals surface area (Å²) in [6.07, 6.45) is 2.39. The molecule has 0 bridgehead atoms. The second-order valence-electron chi connectivity index (χ2n) is 6.17. The molecular formula is C18H17ClN2O2. The molecule has 2 aliphatic rings. The van der Waals surface area contributed by atoms with E-state index in [1.807, 2.05) is 12.1 Å². The second-order valence-corrected chi connectivity index (χ2v) is 6.60. The van der Waals surface area contributed by atoms with Gasteiger partial charge in [-0.2, -0.15) is 0 Å². The number of imide groups is 1. The van der Waals surface area contributed by atoms with Gasteiger partial charge in [-0.3, -0.25) is 14.5 Å². The van der Waals surface area contributed by atoms with Crippen molar-refractivity contribution in [3.8, 4) is 0 Å². The standard InChI is InChI=1S/C18H17ClN2O2/c19-13-10-12-4-3-5-14-16(12)15(11-13)18(23)21(17(14)22)9-8-20-6-1-2-7-20/h3-5,10-11H,1-2,6-9H2. The summed E-state index contributed by atoms with van der Waals surface area (Å²) in [5.41, 5.74) is 1.12. The SMILES string of the molecule is O=C1c2cccc3cc(Cl)cc(c23)C(=O)N1CCN1CCCC1. The molecule has 0 unspecified atom stereocenters. The van der Waals surface area contributed by atoms with Gasteiger partial charge in [-0.25, -0.2) is 0 Å². The molecule has 0 N–H and O–H groups in total. The number of likely N-dealkylation sites (tertiary alicyclic amines) is 1. The van der Waals surface area contributed by atoms with Gasteiger partial charge in [-0.15, -0.1) is 0 Å². The highest BCUT2D eigenvalue weighted by Gasteiger charge is 2.33. The van der Waals surface area contributed by atoms with Gasteiger partial charge in [-0.1, -0.05) is 23.7 Å². The van der Waals surface area contributed by atoms with Crippen LogP contribution in [0, 0.1) is 0 Å². The molecule has 2 aromatic carbocycles. The lowest BCUT2D eigenvalue weighted by Crippen LogP contribution is -2.44. The Kier molecular flexibility index (Phi) is 3.58. The summed E-state index contributed by atoms with van der Waals surface area (Å²) in [4.78, 5) is 29.2. The zero-order chi connectivity index (χ0) is 16.0. The average Bonchev–Trinajstić information content (AvgIpc) is 3.05. The normalized spacial score (nSPS) is 18.2. The van der Waals surface area contributed by atoms with Gasteiger partial charge in [0.1, 0.15) is 0 Å². The minimum Gasteiger partial charge on any atom is -0.302 e. The number of hydrogen-bond acceptors (Lipinski definition) is 3. The van der Waals surface area contributed by atoms with E-state index in [-0.39, 0.29) is 11.8 Å². The Balaban J connectivity index is 1.72. The first-order valence-corrected chi connectivity index (χ1v) is 8.34. The van der Waals surface area contributed by atoms with Crippen LogP contribution in [0.1, 0.15) is 33.6 Å². The lowest BCUT2D eigenvalue weighted by molar-refractivity contribution is 0.0597. The highest BCUT2D eigenvalue weighted by atomic mass is 35.5. The highest BCUT2D eigenvalue weighted by Crippen LogP contribution is 2.32. The zero-order valence-electron chi connectivity index (χ0n) is 12.7. The number of nitrogens with zero attached hydrogens (tertiary/aromatic N) is 2. The summed E-state index contributed by atoms with van der Waals surface area (Å²) in [6.45, 7) is 3.27. The predicted molar refractivity (Wildman–Crippen MR) is 90.0 cm³/mol. The van der Waals surface area contributed by atoms with Gasteiger partial charge in [0.05, 0.1) is 5.56 Å². The molecule has 0 saturated carbocycles. The summed E-state index contributed by atoms with van der Waals surface area (Å²) >= 11 is 6.15. The Hall–Kier alpha value is -1.91. The Labute approximate surface area is 139 Å². The smallest absolute Gasteiger partial charge is 0.261 e. The van der Waals surface area contributed by atoms with Crippen LogP contribution in [-0.2, 0) is 0 Å². The molecule has 0 aromatic heterocycles. The van der Waals surface area contributed by atoms with Crippen LogP contribution in [0.5, 0.6) is 0 Å². The largest absolute Gasteiger partial charge is 0.302 e. The fourth-order valence-electron chi connectivity index (χ4n) is 3.57. The van der Waals surface area contributed by atoms with E-state index in [1.165, 1.54) is 17.7 Å². The van der Waals surface area contributed by atoms with Crippen LogP contribution < -0.4 is 0 Å². The molecule has 1 saturated heterocycles. The van der Waals surface area contributed by atoms with Gasteiger partial charge >= 0.3 is 0 Å². The maximum absolute atomic E-state index is 12.8. The number of halogens is 1. The van der Waals surface area contributed by atoms with Gasteiger partial charge in [0, 0.05) is 29.1 Å². The van der Waals surface area contributed by atoms with E-state index < -0.39 is 0 Å². The fraction of sp³-hybridized carbons (Fsp3) is 0.333. The third-order valence-corrected chi connectivity index (χ3v) is 4.95. The van der Waals surface area contributed by atoms with Crippen molar-refractivity contribution in [1.29, 1.82) is 0 Å². The van der Waals surface area contributed by atoms with Crippen LogP contribution >= 0.6 is 11.6 Å². The molecule has 0 radical (unpaired) electrons. The van der Waals surface area contributed by atoms with Crippen molar-refractivity contribution in [2.45, 2.75) is 12.8 Å². The van der Waals surface area contributed by atoms with Crippen LogP contribution in [0.3, 0.4) is 0 Å². The molecule has 5 heteroatoms. The van der Waals surface area contributed by atoms with Crippen molar-refractivity contribution in [3.05, 3.63) is 46.5 Å². The first-order chi connectivity index (χ1) is 11.1. The van der Waals surface area contributed by atoms with Crippen molar-refractivity contribution in [2.24, 2.45) is 0 Å². The highest BCUT2D eigenvalue weighted by molar-refractivity contribution is 6.33. The number of amides is 2. The maximum Gasteiger partial charge on any atom is 0.261 e. The molecule has 23 heavy (non-hydrogen) atoms. The number of benzene rings is 2. The summed E-state index contributed by atoms with van der Waals surface area (Å²) in [7, 11) is 0. The molecule has 4 rings (SSSR count). The molecule has 0 aliphatic carbocycles. The number of rotatable bonds is 3. The van der Waals surface area contributed by atoms with E-state index in [0.717, 1.165) is 30.4 Å². The van der Waals surface area contributed by atoms with Crippen LogP contribution in [0.25, 0.3) is 10.8 Å². The molecule has 4 nitrogen and oxygen atoms in total. The van der Waals surface area contributed by atoms with E-state index in [0.29, 0.717) is 22.7 Å². The summed E-state index contributed by atoms with van der Waals surface area (Å²) < 4.78 is 0. The van der Waals surface area contributed by atoms with Crippen molar-refractivity contribution in [3.63, 3.8) is 0 Å². The molecule has 0 spiro atoms. The van der Waals surface area contributed by atoms with Crippen LogP contribution in [0.2, 0.25) is 5.02 Å². The summed E-state index contributed by atoms with van der Waals surface area (Å²) in [5.74, 6) is -0.435. The van der Waals surface area contributed by atoms with Crippen molar-refractivity contribution >= 4 is 34.2 Å². The topological polar surface area (TPSA) is 40.6 Å². The van der Waals surface area contributed by atoms with Crippen molar-refractivity contribution < 1.29 is 9.59 Å². The van der Waals surface area contributed by atoms with E-state index in [9.17, 15) is 9.59 Å². The first-order valence-electron chi connectivity index (χ1n) is 7.96. The molecule has 2 amide bonds. The van der Waals surface area contributed by atoms with Gasteiger partial charge < -0.3 is 4.90 Å². The lowest BCUT2D eigenvalue weighted by atomic mass is 9.94. The first kappa shape index (κ1) is 14.7. The van der Waals surface area contributed by atoms with E-state index in [4.69, 9.17) is 11.6 Å². The zero-order valence-corrected chi connectivity index (χ0v) is 13.5. The number of carbonyl (C=O) groups is 2. The maximum atomic E-state index is 12.8. The Morgan fingerprint density at radius 3 is 2.48 bits per heavy atom. The van der Waals surface area contributed by atoms with E-state index in [2.05, 4.69) is 4.90 Å². The Morgan fingerprint density at radius 2 is 1.70 bits per heavy atom. The molecular weight excluding hydrogens is 312 g/mol. The van der Waals surface area contributed by atoms with Crippen LogP contribution in [-0.4, -0.2) is 47.8 Å². The third-order valence-electron chi connectivity index (χ3n) is 4.73. The predicted octanol–water partition coefficient (Wildman–Crippen LogP) is 3.19. The fourth-order valence-corrected chi connectivity index (χ4v) is 3.80. The Bertz CT molecular complexity index is 812. The molecule has 118 valence electrons. The third kappa shape index (κ3) is 2.42. The molecule has 2 aromatic rings. The molecule has 2 aliphatic heterocycles. The molecule has 0 atom stereocenters. The molecule has 1 fully saturated rings. The number of carbonyl (C=O) groups excluding carboxylic acids is 2. The van der Waals surface area contributed by atoms with Gasteiger partial charge in [-0.05, 0) is 49.5 Å². The summed E-state index contributed by atoms with van der Waals surface area (Å²) in [5, 5.41) is 2.09. The van der Waals surface area contributed by atoms with E-state index in [1.54, 1.807) is 18.2 Å². The van der Waals surface area contributed by atoms with Gasteiger partial charge in [0.15, 0.2) is 0 Å². The van der Waals surface area contributed by atoms with Gasteiger partial charge in [0.2, 0.25) is 0 Å². The average molecular weight is 329 g/mol. The summed E-state index contributed by atoms with van der Waals surface area (Å²) in [6, 6.07) is 8.98. The number of hydrogen-bond donors (Lipinski definition) is 0. The lowest BCUT2D eigenvalue weighted by Gasteiger charge is -2.28. The minimum absolute atomic E-state index is 0.199. The monoisotopic (exact) mass is 328 g/mol. The van der Waals surface area contributed by atoms with Crippen molar-refractivity contribution in [2.75, 3.05) is 26.2 Å². The van der Waals surface area contributed by atoms with E-state index >= 15 is 0 Å². The Morgan fingerprint density at radius 1 is 0.957 bits per heavy atom. The quantitative estimate of drug-likeness (QED) is 0.812. The van der Waals surface area contributed by atoms with Crippen LogP contribution in [0.4, 0.5) is 0 Å². The molecule has 2 heterocycles. The second kappa shape index (κ2) is 5.62. The van der Waals surface area contributed by atoms with Crippen molar-refractivity contribution in [1.82, 2.24) is 9.80 Å². The van der Waals surface area contributed by atoms with Crippen LogP contribution in [0.15, 0.2) is 30.3 Å².